The van der Waals surface area contributed by atoms with E-state index in [2.05, 4.69) is 10.4 Å². The standard InChI is InChI=1S/C11H20FO5P/c1-3-5-14-6-7-15-8-9-16-10-11-18(12,13)17-4-2/h1H,4-11H2,2H3. The maximum Gasteiger partial charge on any atom is 0.369 e. The van der Waals surface area contributed by atoms with Gasteiger partial charge in [-0.25, -0.2) is 0 Å². The molecule has 106 valence electrons. The molecule has 0 aromatic rings. The van der Waals surface area contributed by atoms with Crippen molar-refractivity contribution in [1.82, 2.24) is 0 Å². The molecule has 0 aromatic carbocycles. The third kappa shape index (κ3) is 12.0. The minimum atomic E-state index is -3.97. The van der Waals surface area contributed by atoms with Crippen LogP contribution in [0.5, 0.6) is 0 Å². The van der Waals surface area contributed by atoms with E-state index >= 15 is 0 Å². The van der Waals surface area contributed by atoms with Crippen LogP contribution in [-0.2, 0) is 23.3 Å². The smallest absolute Gasteiger partial charge is 0.369 e. The average Bonchev–Trinajstić information content (AvgIpc) is 2.31. The third-order valence-corrected chi connectivity index (χ3v) is 3.11. The molecule has 1 unspecified atom stereocenters. The predicted molar refractivity (Wildman–Crippen MR) is 66.5 cm³/mol. The minimum absolute atomic E-state index is 0.0464. The molecule has 0 heterocycles. The molecule has 0 amide bonds. The summed E-state index contributed by atoms with van der Waals surface area (Å²) in [5.41, 5.74) is 0. The quantitative estimate of drug-likeness (QED) is 0.311. The van der Waals surface area contributed by atoms with Crippen molar-refractivity contribution < 1.29 is 27.5 Å². The van der Waals surface area contributed by atoms with Gasteiger partial charge in [0.2, 0.25) is 0 Å². The van der Waals surface area contributed by atoms with Crippen molar-refractivity contribution in [3.63, 3.8) is 0 Å². The van der Waals surface area contributed by atoms with E-state index < -0.39 is 7.68 Å². The van der Waals surface area contributed by atoms with E-state index in [1.165, 1.54) is 0 Å². The molecular formula is C11H20FO5P. The molecule has 1 atom stereocenters. The Kier molecular flexibility index (Phi) is 11.4. The van der Waals surface area contributed by atoms with Gasteiger partial charge in [0, 0.05) is 0 Å². The highest BCUT2D eigenvalue weighted by Crippen LogP contribution is 2.47. The summed E-state index contributed by atoms with van der Waals surface area (Å²) in [6.07, 6.45) is 4.75. The van der Waals surface area contributed by atoms with Gasteiger partial charge in [0.05, 0.1) is 45.8 Å². The fourth-order valence-corrected chi connectivity index (χ4v) is 1.86. The van der Waals surface area contributed by atoms with Crippen molar-refractivity contribution in [3.8, 4) is 12.3 Å². The SMILES string of the molecule is C#CCOCCOCCOCCP(=O)(F)OCC. The van der Waals surface area contributed by atoms with E-state index in [1.54, 1.807) is 6.92 Å². The van der Waals surface area contributed by atoms with Crippen LogP contribution in [-0.4, -0.2) is 52.4 Å². The third-order valence-electron chi connectivity index (χ3n) is 1.75. The zero-order valence-electron chi connectivity index (χ0n) is 10.6. The molecule has 0 spiro atoms. The predicted octanol–water partition coefficient (Wildman–Crippen LogP) is 1.87. The van der Waals surface area contributed by atoms with Crippen LogP contribution in [0.4, 0.5) is 4.20 Å². The van der Waals surface area contributed by atoms with E-state index in [1.807, 2.05) is 0 Å². The second kappa shape index (κ2) is 11.6. The van der Waals surface area contributed by atoms with Gasteiger partial charge in [-0.05, 0) is 6.92 Å². The molecule has 0 saturated carbocycles. The first-order chi connectivity index (χ1) is 8.62. The lowest BCUT2D eigenvalue weighted by Gasteiger charge is -2.09. The Bertz CT molecular complexity index is 279. The maximum absolute atomic E-state index is 13.0. The fraction of sp³-hybridized carbons (Fsp3) is 0.818. The highest BCUT2D eigenvalue weighted by Gasteiger charge is 2.20. The van der Waals surface area contributed by atoms with Crippen LogP contribution in [0.1, 0.15) is 6.92 Å². The summed E-state index contributed by atoms with van der Waals surface area (Å²) in [6, 6.07) is 0. The van der Waals surface area contributed by atoms with Crippen LogP contribution in [0.15, 0.2) is 0 Å². The number of hydrogen-bond donors (Lipinski definition) is 0. The van der Waals surface area contributed by atoms with Gasteiger partial charge in [-0.15, -0.1) is 6.42 Å². The lowest BCUT2D eigenvalue weighted by atomic mass is 10.7. The van der Waals surface area contributed by atoms with E-state index in [0.717, 1.165) is 0 Å². The number of rotatable bonds is 12. The molecule has 5 nitrogen and oxygen atoms in total. The second-order valence-corrected chi connectivity index (χ2v) is 5.10. The molecule has 0 rings (SSSR count). The summed E-state index contributed by atoms with van der Waals surface area (Å²) in [4.78, 5) is 0. The van der Waals surface area contributed by atoms with Gasteiger partial charge in [-0.2, -0.15) is 4.20 Å². The van der Waals surface area contributed by atoms with Gasteiger partial charge in [-0.3, -0.25) is 4.57 Å². The van der Waals surface area contributed by atoms with E-state index in [0.29, 0.717) is 26.4 Å². The molecule has 0 radical (unpaired) electrons. The molecule has 0 bridgehead atoms. The van der Waals surface area contributed by atoms with E-state index in [4.69, 9.17) is 20.6 Å². The largest absolute Gasteiger partial charge is 0.378 e. The lowest BCUT2D eigenvalue weighted by Crippen LogP contribution is -2.11. The Balaban J connectivity index is 3.21. The van der Waals surface area contributed by atoms with Crippen molar-refractivity contribution in [2.24, 2.45) is 0 Å². The average molecular weight is 282 g/mol. The Labute approximate surface area is 108 Å². The molecule has 0 aliphatic rings. The van der Waals surface area contributed by atoms with Crippen LogP contribution < -0.4 is 0 Å². The van der Waals surface area contributed by atoms with Crippen molar-refractivity contribution in [1.29, 1.82) is 0 Å². The number of halogens is 1. The zero-order valence-corrected chi connectivity index (χ0v) is 11.5. The van der Waals surface area contributed by atoms with Crippen LogP contribution in [0.3, 0.4) is 0 Å². The first-order valence-electron chi connectivity index (χ1n) is 5.72. The van der Waals surface area contributed by atoms with Gasteiger partial charge in [-0.1, -0.05) is 5.92 Å². The Hall–Kier alpha value is -0.440. The number of hydrogen-bond acceptors (Lipinski definition) is 5. The molecule has 0 aliphatic heterocycles. The van der Waals surface area contributed by atoms with Crippen LogP contribution in [0, 0.1) is 12.3 Å². The molecule has 0 aromatic heterocycles. The molecule has 0 saturated heterocycles. The summed E-state index contributed by atoms with van der Waals surface area (Å²) in [7, 11) is -3.97. The topological polar surface area (TPSA) is 54.0 Å². The first-order valence-corrected chi connectivity index (χ1v) is 7.42. The monoisotopic (exact) mass is 282 g/mol. The summed E-state index contributed by atoms with van der Waals surface area (Å²) >= 11 is 0. The molecule has 0 aliphatic carbocycles. The maximum atomic E-state index is 13.0. The number of terminal acetylenes is 1. The van der Waals surface area contributed by atoms with Gasteiger partial charge in [0.15, 0.2) is 0 Å². The van der Waals surface area contributed by atoms with Gasteiger partial charge in [0.25, 0.3) is 0 Å². The van der Waals surface area contributed by atoms with Crippen LogP contribution in [0.2, 0.25) is 0 Å². The Morgan fingerprint density at radius 3 is 2.22 bits per heavy atom. The van der Waals surface area contributed by atoms with E-state index in [9.17, 15) is 8.76 Å². The first kappa shape index (κ1) is 17.6. The van der Waals surface area contributed by atoms with Gasteiger partial charge < -0.3 is 18.7 Å². The molecule has 0 N–H and O–H groups in total. The van der Waals surface area contributed by atoms with Crippen molar-refractivity contribution in [3.05, 3.63) is 0 Å². The fourth-order valence-electron chi connectivity index (χ4n) is 1.00. The van der Waals surface area contributed by atoms with Crippen molar-refractivity contribution >= 4 is 7.68 Å². The van der Waals surface area contributed by atoms with Gasteiger partial charge >= 0.3 is 7.68 Å². The van der Waals surface area contributed by atoms with Crippen molar-refractivity contribution in [2.45, 2.75) is 6.92 Å². The van der Waals surface area contributed by atoms with Crippen LogP contribution >= 0.6 is 7.68 Å². The Morgan fingerprint density at radius 1 is 1.11 bits per heavy atom. The molecule has 0 fully saturated rings. The minimum Gasteiger partial charge on any atom is -0.378 e. The molecule has 7 heteroatoms. The summed E-state index contributed by atoms with van der Waals surface area (Å²) < 4.78 is 43.7. The summed E-state index contributed by atoms with van der Waals surface area (Å²) in [6.45, 7) is 3.51. The molecular weight excluding hydrogens is 262 g/mol. The second-order valence-electron chi connectivity index (χ2n) is 3.21. The van der Waals surface area contributed by atoms with Crippen LogP contribution in [0.25, 0.3) is 0 Å². The highest BCUT2D eigenvalue weighted by atomic mass is 31.2. The normalized spacial score (nSPS) is 14.1. The van der Waals surface area contributed by atoms with E-state index in [-0.39, 0.29) is 26.0 Å². The molecule has 18 heavy (non-hydrogen) atoms. The van der Waals surface area contributed by atoms with Crippen molar-refractivity contribution in [2.75, 3.05) is 52.4 Å². The highest BCUT2D eigenvalue weighted by molar-refractivity contribution is 7.53. The summed E-state index contributed by atoms with van der Waals surface area (Å²) in [5, 5.41) is 0. The lowest BCUT2D eigenvalue weighted by molar-refractivity contribution is 0.0230. The summed E-state index contributed by atoms with van der Waals surface area (Å²) in [5.74, 6) is 2.33. The Morgan fingerprint density at radius 2 is 1.67 bits per heavy atom. The number of ether oxygens (including phenoxy) is 3. The van der Waals surface area contributed by atoms with Gasteiger partial charge in [0.1, 0.15) is 6.61 Å². The zero-order chi connectivity index (χ0) is 13.7.